The van der Waals surface area contributed by atoms with Gasteiger partial charge in [0.1, 0.15) is 0 Å². The summed E-state index contributed by atoms with van der Waals surface area (Å²) in [5.74, 6) is -0.00293. The molecule has 2 aromatic carbocycles. The van der Waals surface area contributed by atoms with E-state index in [2.05, 4.69) is 6.58 Å². The molecule has 3 heteroatoms. The van der Waals surface area contributed by atoms with E-state index in [4.69, 9.17) is 5.11 Å². The Hall–Kier alpha value is -2.39. The first-order valence-corrected chi connectivity index (χ1v) is 6.49. The molecule has 0 radical (unpaired) electrons. The summed E-state index contributed by atoms with van der Waals surface area (Å²) in [5, 5.41) is 9.04. The Morgan fingerprint density at radius 3 is 2.15 bits per heavy atom. The quantitative estimate of drug-likeness (QED) is 0.927. The zero-order chi connectivity index (χ0) is 14.1. The number of carbonyl (C=O) groups excluding carboxylic acids is 1. The third-order valence-corrected chi connectivity index (χ3v) is 3.59. The van der Waals surface area contributed by atoms with Gasteiger partial charge < -0.3 is 10.0 Å². The van der Waals surface area contributed by atoms with Gasteiger partial charge in [0.15, 0.2) is 0 Å². The largest absolute Gasteiger partial charge is 0.392 e. The van der Waals surface area contributed by atoms with E-state index in [1.165, 1.54) is 0 Å². The van der Waals surface area contributed by atoms with Crippen molar-refractivity contribution in [3.8, 4) is 0 Å². The highest BCUT2D eigenvalue weighted by Crippen LogP contribution is 2.32. The lowest BCUT2D eigenvalue weighted by molar-refractivity contribution is 0.0843. The Morgan fingerprint density at radius 1 is 0.950 bits per heavy atom. The van der Waals surface area contributed by atoms with Crippen molar-refractivity contribution in [2.45, 2.75) is 13.2 Å². The average molecular weight is 265 g/mol. The van der Waals surface area contributed by atoms with Crippen LogP contribution >= 0.6 is 0 Å². The first-order valence-electron chi connectivity index (χ1n) is 6.49. The fourth-order valence-electron chi connectivity index (χ4n) is 2.43. The molecule has 0 aliphatic carbocycles. The van der Waals surface area contributed by atoms with Gasteiger partial charge in [-0.1, -0.05) is 49.0 Å². The summed E-state index contributed by atoms with van der Waals surface area (Å²) in [6.07, 6.45) is 0. The molecular formula is C17H15NO2. The smallest absolute Gasteiger partial charge is 0.259 e. The van der Waals surface area contributed by atoms with Crippen molar-refractivity contribution < 1.29 is 9.90 Å². The van der Waals surface area contributed by atoms with Gasteiger partial charge in [-0.05, 0) is 17.2 Å². The molecule has 20 heavy (non-hydrogen) atoms. The fraction of sp³-hybridized carbons (Fsp3) is 0.118. The molecule has 0 spiro atoms. The molecule has 0 unspecified atom stereocenters. The minimum absolute atomic E-state index is 0.00293. The van der Waals surface area contributed by atoms with E-state index in [-0.39, 0.29) is 12.5 Å². The summed E-state index contributed by atoms with van der Waals surface area (Å²) in [6.45, 7) is 4.55. The van der Waals surface area contributed by atoms with Crippen LogP contribution in [0.5, 0.6) is 0 Å². The molecule has 1 amide bonds. The van der Waals surface area contributed by atoms with Crippen LogP contribution in [0.15, 0.2) is 55.1 Å². The molecule has 0 atom stereocenters. The molecule has 0 saturated carbocycles. The van der Waals surface area contributed by atoms with Crippen LogP contribution in [0.4, 0.5) is 0 Å². The van der Waals surface area contributed by atoms with E-state index < -0.39 is 0 Å². The van der Waals surface area contributed by atoms with Crippen LogP contribution in [-0.4, -0.2) is 15.9 Å². The van der Waals surface area contributed by atoms with Crippen molar-refractivity contribution in [3.63, 3.8) is 0 Å². The third kappa shape index (κ3) is 2.02. The minimum atomic E-state index is -0.00293. The first-order chi connectivity index (χ1) is 9.70. The normalized spacial score (nSPS) is 13.8. The van der Waals surface area contributed by atoms with Crippen molar-refractivity contribution in [1.29, 1.82) is 0 Å². The summed E-state index contributed by atoms with van der Waals surface area (Å²) in [4.78, 5) is 14.1. The van der Waals surface area contributed by atoms with E-state index in [0.29, 0.717) is 12.1 Å². The van der Waals surface area contributed by atoms with Gasteiger partial charge in [-0.25, -0.2) is 0 Å². The maximum absolute atomic E-state index is 12.4. The van der Waals surface area contributed by atoms with E-state index in [0.717, 1.165) is 22.4 Å². The highest BCUT2D eigenvalue weighted by Gasteiger charge is 2.30. The molecule has 0 saturated heterocycles. The molecule has 1 aliphatic heterocycles. The lowest BCUT2D eigenvalue weighted by Crippen LogP contribution is -2.22. The maximum atomic E-state index is 12.4. The fourth-order valence-corrected chi connectivity index (χ4v) is 2.43. The summed E-state index contributed by atoms with van der Waals surface area (Å²) < 4.78 is 0. The van der Waals surface area contributed by atoms with E-state index in [1.807, 2.05) is 48.5 Å². The first kappa shape index (κ1) is 12.6. The van der Waals surface area contributed by atoms with Gasteiger partial charge in [0.05, 0.1) is 13.2 Å². The van der Waals surface area contributed by atoms with Crippen molar-refractivity contribution in [2.24, 2.45) is 0 Å². The van der Waals surface area contributed by atoms with Crippen molar-refractivity contribution in [1.82, 2.24) is 4.90 Å². The molecule has 0 bridgehead atoms. The van der Waals surface area contributed by atoms with Crippen molar-refractivity contribution >= 4 is 11.6 Å². The molecule has 1 N–H and O–H groups in total. The minimum Gasteiger partial charge on any atom is -0.392 e. The molecule has 1 heterocycles. The molecule has 0 fully saturated rings. The summed E-state index contributed by atoms with van der Waals surface area (Å²) in [7, 11) is 0. The highest BCUT2D eigenvalue weighted by molar-refractivity contribution is 6.08. The van der Waals surface area contributed by atoms with Crippen molar-refractivity contribution in [2.75, 3.05) is 0 Å². The predicted octanol–water partition coefficient (Wildman–Crippen LogP) is 2.81. The zero-order valence-corrected chi connectivity index (χ0v) is 11.0. The summed E-state index contributed by atoms with van der Waals surface area (Å²) >= 11 is 0. The SMILES string of the molecule is C=C1c2ccccc2C(=O)N1Cc1ccc(CO)cc1. The zero-order valence-electron chi connectivity index (χ0n) is 11.0. The maximum Gasteiger partial charge on any atom is 0.259 e. The predicted molar refractivity (Wildman–Crippen MR) is 77.7 cm³/mol. The van der Waals surface area contributed by atoms with Crippen LogP contribution in [0.1, 0.15) is 27.0 Å². The van der Waals surface area contributed by atoms with E-state index in [9.17, 15) is 4.79 Å². The molecule has 2 aromatic rings. The van der Waals surface area contributed by atoms with Gasteiger partial charge in [0.25, 0.3) is 5.91 Å². The van der Waals surface area contributed by atoms with Crippen LogP contribution in [-0.2, 0) is 13.2 Å². The Balaban J connectivity index is 1.85. The van der Waals surface area contributed by atoms with Gasteiger partial charge in [-0.2, -0.15) is 0 Å². The Bertz CT molecular complexity index is 639. The molecule has 0 aromatic heterocycles. The number of fused-ring (bicyclic) bond motifs is 1. The van der Waals surface area contributed by atoms with E-state index in [1.54, 1.807) is 4.90 Å². The Morgan fingerprint density at radius 2 is 1.55 bits per heavy atom. The lowest BCUT2D eigenvalue weighted by Gasteiger charge is -2.17. The Labute approximate surface area is 117 Å². The number of aliphatic hydroxyl groups excluding tert-OH is 1. The number of aliphatic hydroxyl groups is 1. The number of carbonyl (C=O) groups is 1. The molecule has 3 nitrogen and oxygen atoms in total. The van der Waals surface area contributed by atoms with Gasteiger partial charge in [-0.3, -0.25) is 4.79 Å². The van der Waals surface area contributed by atoms with Gasteiger partial charge in [0, 0.05) is 16.8 Å². The van der Waals surface area contributed by atoms with Crippen LogP contribution in [0.3, 0.4) is 0 Å². The van der Waals surface area contributed by atoms with Crippen LogP contribution in [0.25, 0.3) is 5.70 Å². The van der Waals surface area contributed by atoms with E-state index >= 15 is 0 Å². The second kappa shape index (κ2) is 4.94. The van der Waals surface area contributed by atoms with Crippen LogP contribution in [0, 0.1) is 0 Å². The number of nitrogens with zero attached hydrogens (tertiary/aromatic N) is 1. The van der Waals surface area contributed by atoms with Gasteiger partial charge in [-0.15, -0.1) is 0 Å². The monoisotopic (exact) mass is 265 g/mol. The highest BCUT2D eigenvalue weighted by atomic mass is 16.3. The molecule has 1 aliphatic rings. The second-order valence-electron chi connectivity index (χ2n) is 4.86. The van der Waals surface area contributed by atoms with Crippen LogP contribution in [0.2, 0.25) is 0 Å². The van der Waals surface area contributed by atoms with Gasteiger partial charge >= 0.3 is 0 Å². The number of hydrogen-bond acceptors (Lipinski definition) is 2. The number of benzene rings is 2. The number of rotatable bonds is 3. The average Bonchev–Trinajstić information content (AvgIpc) is 2.74. The molecule has 3 rings (SSSR count). The second-order valence-corrected chi connectivity index (χ2v) is 4.86. The topological polar surface area (TPSA) is 40.5 Å². The Kier molecular flexibility index (Phi) is 3.12. The summed E-state index contributed by atoms with van der Waals surface area (Å²) in [5.41, 5.74) is 4.25. The lowest BCUT2D eigenvalue weighted by atomic mass is 10.1. The third-order valence-electron chi connectivity index (χ3n) is 3.59. The van der Waals surface area contributed by atoms with Gasteiger partial charge in [0.2, 0.25) is 0 Å². The number of hydrogen-bond donors (Lipinski definition) is 1. The molecular weight excluding hydrogens is 250 g/mol. The number of amides is 1. The molecule has 100 valence electrons. The summed E-state index contributed by atoms with van der Waals surface area (Å²) in [6, 6.07) is 15.1. The van der Waals surface area contributed by atoms with Crippen LogP contribution < -0.4 is 0 Å². The standard InChI is InChI=1S/C17H15NO2/c1-12-15-4-2-3-5-16(15)17(20)18(12)10-13-6-8-14(11-19)9-7-13/h2-9,19H,1,10-11H2. The van der Waals surface area contributed by atoms with Crippen molar-refractivity contribution in [3.05, 3.63) is 77.4 Å².